The van der Waals surface area contributed by atoms with Crippen molar-refractivity contribution in [2.45, 2.75) is 65.0 Å². The summed E-state index contributed by atoms with van der Waals surface area (Å²) in [7, 11) is 0. The van der Waals surface area contributed by atoms with Crippen LogP contribution in [0.3, 0.4) is 0 Å². The van der Waals surface area contributed by atoms with Crippen LogP contribution < -0.4 is 10.2 Å². The summed E-state index contributed by atoms with van der Waals surface area (Å²) in [5, 5.41) is 3.20. The van der Waals surface area contributed by atoms with E-state index in [0.29, 0.717) is 36.5 Å². The molecule has 4 heteroatoms. The molecule has 28 heavy (non-hydrogen) atoms. The minimum absolute atomic E-state index is 0.00763. The lowest BCUT2D eigenvalue weighted by atomic mass is 9.92. The van der Waals surface area contributed by atoms with E-state index in [4.69, 9.17) is 0 Å². The van der Waals surface area contributed by atoms with E-state index in [0.717, 1.165) is 23.4 Å². The summed E-state index contributed by atoms with van der Waals surface area (Å²) in [5.74, 6) is 0.486. The van der Waals surface area contributed by atoms with Gasteiger partial charge in [-0.1, -0.05) is 64.1 Å². The molecule has 1 aliphatic carbocycles. The molecule has 0 bridgehead atoms. The number of nitrogens with one attached hydrogen (secondary N) is 2. The highest BCUT2D eigenvalue weighted by molar-refractivity contribution is 5.93. The Balaban J connectivity index is 1.76. The minimum atomic E-state index is -0.187. The van der Waals surface area contributed by atoms with Gasteiger partial charge in [-0.05, 0) is 29.0 Å². The van der Waals surface area contributed by atoms with E-state index in [-0.39, 0.29) is 11.7 Å². The number of para-hydroxylation sites is 1. The minimum Gasteiger partial charge on any atom is -0.321 e. The lowest BCUT2D eigenvalue weighted by Gasteiger charge is -2.22. The van der Waals surface area contributed by atoms with Crippen LogP contribution in [0.2, 0.25) is 0 Å². The number of hydrogen-bond donors (Lipinski definition) is 2. The molecule has 1 unspecified atom stereocenters. The highest BCUT2D eigenvalue weighted by Crippen LogP contribution is 2.32. The maximum Gasteiger partial charge on any atom is 0.279 e. The fourth-order valence-electron chi connectivity index (χ4n) is 3.81. The number of rotatable bonds is 8. The molecule has 1 saturated carbocycles. The first-order valence-corrected chi connectivity index (χ1v) is 10.4. The predicted molar refractivity (Wildman–Crippen MR) is 112 cm³/mol. The number of hydrogen-bond acceptors (Lipinski definition) is 1. The largest absolute Gasteiger partial charge is 0.321 e. The normalized spacial score (nSPS) is 15.1. The molecule has 2 N–H and O–H groups in total. The maximum atomic E-state index is 14.1. The highest BCUT2D eigenvalue weighted by Gasteiger charge is 2.35. The average molecular weight is 384 g/mol. The molecule has 0 radical (unpaired) electrons. The molecule has 2 aromatic carbocycles. The standard InChI is InChI=1S/C24H31FN2O/c1-16(2)20-9-7-10-21(17(3)4)24(20)26-23(28)15-27(19-12-13-19)14-18-8-5-6-11-22(18)25/h5-11,16-17,19H,12-15H2,1-4H3,(H,26,28)/p+1. The second kappa shape index (κ2) is 8.87. The summed E-state index contributed by atoms with van der Waals surface area (Å²) >= 11 is 0. The third-order valence-corrected chi connectivity index (χ3v) is 5.56. The summed E-state index contributed by atoms with van der Waals surface area (Å²) in [6, 6.07) is 13.6. The molecule has 0 spiro atoms. The van der Waals surface area contributed by atoms with Gasteiger partial charge in [-0.25, -0.2) is 4.39 Å². The van der Waals surface area contributed by atoms with E-state index in [1.54, 1.807) is 6.07 Å². The fourth-order valence-corrected chi connectivity index (χ4v) is 3.81. The van der Waals surface area contributed by atoms with Gasteiger partial charge in [0.05, 0.1) is 6.04 Å². The molecule has 1 atom stereocenters. The van der Waals surface area contributed by atoms with Crippen molar-refractivity contribution in [3.05, 3.63) is 65.0 Å². The highest BCUT2D eigenvalue weighted by atomic mass is 19.1. The second-order valence-corrected chi connectivity index (χ2v) is 8.55. The first-order valence-electron chi connectivity index (χ1n) is 10.4. The van der Waals surface area contributed by atoms with Crippen molar-refractivity contribution < 1.29 is 14.1 Å². The van der Waals surface area contributed by atoms with Gasteiger partial charge >= 0.3 is 0 Å². The van der Waals surface area contributed by atoms with Crippen LogP contribution in [0.5, 0.6) is 0 Å². The van der Waals surface area contributed by atoms with Crippen LogP contribution in [0.1, 0.15) is 69.1 Å². The number of anilines is 1. The van der Waals surface area contributed by atoms with Crippen molar-refractivity contribution in [3.63, 3.8) is 0 Å². The summed E-state index contributed by atoms with van der Waals surface area (Å²) in [4.78, 5) is 14.1. The van der Waals surface area contributed by atoms with E-state index >= 15 is 0 Å². The van der Waals surface area contributed by atoms with Crippen LogP contribution in [0.25, 0.3) is 0 Å². The van der Waals surface area contributed by atoms with Crippen LogP contribution in [0.4, 0.5) is 10.1 Å². The molecule has 1 fully saturated rings. The summed E-state index contributed by atoms with van der Waals surface area (Å²) < 4.78 is 14.1. The molecule has 1 aliphatic rings. The molecule has 3 rings (SSSR count). The third kappa shape index (κ3) is 4.99. The summed E-state index contributed by atoms with van der Waals surface area (Å²) in [5.41, 5.74) is 3.98. The Morgan fingerprint density at radius 1 is 1.04 bits per heavy atom. The fraction of sp³-hybridized carbons (Fsp3) is 0.458. The first-order chi connectivity index (χ1) is 13.4. The monoisotopic (exact) mass is 383 g/mol. The van der Waals surface area contributed by atoms with Gasteiger partial charge in [-0.15, -0.1) is 0 Å². The van der Waals surface area contributed by atoms with Gasteiger partial charge in [0.2, 0.25) is 0 Å². The molecule has 0 aromatic heterocycles. The van der Waals surface area contributed by atoms with Gasteiger partial charge in [-0.3, -0.25) is 4.79 Å². The zero-order valence-electron chi connectivity index (χ0n) is 17.4. The number of benzene rings is 2. The Morgan fingerprint density at radius 2 is 1.64 bits per heavy atom. The second-order valence-electron chi connectivity index (χ2n) is 8.55. The molecular formula is C24H32FN2O+. The van der Waals surface area contributed by atoms with E-state index in [9.17, 15) is 9.18 Å². The molecule has 3 nitrogen and oxygen atoms in total. The number of quaternary nitrogens is 1. The Bertz CT molecular complexity index is 801. The molecule has 0 saturated heterocycles. The van der Waals surface area contributed by atoms with Crippen molar-refractivity contribution in [3.8, 4) is 0 Å². The zero-order valence-corrected chi connectivity index (χ0v) is 17.4. The summed E-state index contributed by atoms with van der Waals surface area (Å²) in [6.45, 7) is 9.50. The SMILES string of the molecule is CC(C)c1cccc(C(C)C)c1NC(=O)C[NH+](Cc1ccccc1F)C1CC1. The molecule has 0 heterocycles. The van der Waals surface area contributed by atoms with Crippen LogP contribution in [-0.2, 0) is 11.3 Å². The Kier molecular flexibility index (Phi) is 6.50. The van der Waals surface area contributed by atoms with Crippen molar-refractivity contribution >= 4 is 11.6 Å². The molecule has 150 valence electrons. The average Bonchev–Trinajstić information content (AvgIpc) is 3.47. The molecular weight excluding hydrogens is 351 g/mol. The number of amides is 1. The Hall–Kier alpha value is -2.20. The summed E-state index contributed by atoms with van der Waals surface area (Å²) in [6.07, 6.45) is 2.22. The van der Waals surface area contributed by atoms with Crippen molar-refractivity contribution in [2.75, 3.05) is 11.9 Å². The quantitative estimate of drug-likeness (QED) is 0.702. The maximum absolute atomic E-state index is 14.1. The van der Waals surface area contributed by atoms with Crippen molar-refractivity contribution in [2.24, 2.45) is 0 Å². The molecule has 2 aromatic rings. The smallest absolute Gasteiger partial charge is 0.279 e. The number of halogens is 1. The topological polar surface area (TPSA) is 33.5 Å². The third-order valence-electron chi connectivity index (χ3n) is 5.56. The van der Waals surface area contributed by atoms with Gasteiger partial charge in [0.25, 0.3) is 5.91 Å². The lowest BCUT2D eigenvalue weighted by Crippen LogP contribution is -3.13. The Morgan fingerprint density at radius 3 is 2.18 bits per heavy atom. The van der Waals surface area contributed by atoms with Crippen molar-refractivity contribution in [1.29, 1.82) is 0 Å². The van der Waals surface area contributed by atoms with Crippen LogP contribution in [0.15, 0.2) is 42.5 Å². The van der Waals surface area contributed by atoms with Crippen LogP contribution >= 0.6 is 0 Å². The first kappa shape index (κ1) is 20.5. The van der Waals surface area contributed by atoms with Crippen LogP contribution in [0, 0.1) is 5.82 Å². The van der Waals surface area contributed by atoms with Crippen molar-refractivity contribution in [1.82, 2.24) is 0 Å². The van der Waals surface area contributed by atoms with E-state index in [2.05, 4.69) is 51.2 Å². The van der Waals surface area contributed by atoms with Gasteiger partial charge in [0.15, 0.2) is 6.54 Å². The molecule has 0 aliphatic heterocycles. The number of carbonyl (C=O) groups excluding carboxylic acids is 1. The van der Waals surface area contributed by atoms with Gasteiger partial charge in [-0.2, -0.15) is 0 Å². The Labute approximate surface area is 167 Å². The van der Waals surface area contributed by atoms with E-state index < -0.39 is 0 Å². The zero-order chi connectivity index (χ0) is 20.3. The number of carbonyl (C=O) groups is 1. The van der Waals surface area contributed by atoms with Gasteiger partial charge in [0.1, 0.15) is 12.4 Å². The lowest BCUT2D eigenvalue weighted by molar-refractivity contribution is -0.917. The predicted octanol–water partition coefficient (Wildman–Crippen LogP) is 4.26. The molecule has 1 amide bonds. The van der Waals surface area contributed by atoms with Gasteiger partial charge in [0, 0.05) is 24.1 Å². The van der Waals surface area contributed by atoms with Gasteiger partial charge < -0.3 is 10.2 Å². The van der Waals surface area contributed by atoms with Crippen LogP contribution in [-0.4, -0.2) is 18.5 Å². The van der Waals surface area contributed by atoms with E-state index in [1.807, 2.05) is 12.1 Å². The van der Waals surface area contributed by atoms with E-state index in [1.165, 1.54) is 17.2 Å².